The van der Waals surface area contributed by atoms with Gasteiger partial charge in [0.05, 0.1) is 24.5 Å². The van der Waals surface area contributed by atoms with Gasteiger partial charge in [0.1, 0.15) is 5.82 Å². The fourth-order valence-electron chi connectivity index (χ4n) is 2.76. The normalized spacial score (nSPS) is 14.6. The molecule has 1 aliphatic heterocycles. The fraction of sp³-hybridized carbons (Fsp3) is 0.316. The first-order chi connectivity index (χ1) is 13.0. The van der Waals surface area contributed by atoms with Crippen LogP contribution in [0.4, 0.5) is 16.0 Å². The van der Waals surface area contributed by atoms with Crippen molar-refractivity contribution in [3.63, 3.8) is 0 Å². The third kappa shape index (κ3) is 4.40. The van der Waals surface area contributed by atoms with Gasteiger partial charge in [-0.05, 0) is 37.3 Å². The molecule has 1 amide bonds. The van der Waals surface area contributed by atoms with Gasteiger partial charge in [0.25, 0.3) is 11.5 Å². The summed E-state index contributed by atoms with van der Waals surface area (Å²) in [6.45, 7) is 4.24. The number of benzene rings is 1. The molecule has 1 aromatic heterocycles. The highest BCUT2D eigenvalue weighted by Gasteiger charge is 2.16. The van der Waals surface area contributed by atoms with Crippen LogP contribution >= 0.6 is 0 Å². The number of halogens is 1. The van der Waals surface area contributed by atoms with Crippen LogP contribution in [0.5, 0.6) is 0 Å². The van der Waals surface area contributed by atoms with Crippen molar-refractivity contribution in [1.82, 2.24) is 9.97 Å². The molecule has 1 N–H and O–H groups in total. The Balaban J connectivity index is 1.77. The molecule has 0 saturated carbocycles. The molecule has 1 aliphatic rings. The number of likely N-dealkylation sites (N-methyl/N-ethyl adjacent to an activating group) is 1. The van der Waals surface area contributed by atoms with E-state index in [-0.39, 0.29) is 17.3 Å². The molecule has 27 heavy (non-hydrogen) atoms. The minimum Gasteiger partial charge on any atom is -0.378 e. The van der Waals surface area contributed by atoms with Gasteiger partial charge in [0, 0.05) is 31.9 Å². The van der Waals surface area contributed by atoms with Gasteiger partial charge in [-0.15, -0.1) is 0 Å². The minimum absolute atomic E-state index is 0.308. The van der Waals surface area contributed by atoms with Crippen molar-refractivity contribution in [2.75, 3.05) is 43.2 Å². The SMILES string of the molecule is Cc1nc(N2CCOCC2)[nH]c(=O)c1C=CC(=O)N(C)c1ccc(F)cc1. The highest BCUT2D eigenvalue weighted by atomic mass is 19.1. The molecule has 1 aromatic carbocycles. The molecule has 1 fully saturated rings. The first kappa shape index (κ1) is 18.8. The fourth-order valence-corrected chi connectivity index (χ4v) is 2.76. The molecule has 7 nitrogen and oxygen atoms in total. The molecular formula is C19H21FN4O3. The number of nitrogens with one attached hydrogen (secondary N) is 1. The number of carbonyl (C=O) groups excluding carboxylic acids is 1. The van der Waals surface area contributed by atoms with Crippen LogP contribution in [0.25, 0.3) is 6.08 Å². The Bertz CT molecular complexity index is 902. The van der Waals surface area contributed by atoms with Gasteiger partial charge >= 0.3 is 0 Å². The maximum Gasteiger partial charge on any atom is 0.259 e. The number of nitrogens with zero attached hydrogens (tertiary/aromatic N) is 3. The Morgan fingerprint density at radius 3 is 2.59 bits per heavy atom. The van der Waals surface area contributed by atoms with Gasteiger partial charge in [-0.3, -0.25) is 14.6 Å². The summed E-state index contributed by atoms with van der Waals surface area (Å²) in [5.74, 6) is -0.200. The van der Waals surface area contributed by atoms with E-state index in [1.807, 2.05) is 4.90 Å². The van der Waals surface area contributed by atoms with Gasteiger partial charge in [0.2, 0.25) is 5.95 Å². The largest absolute Gasteiger partial charge is 0.378 e. The quantitative estimate of drug-likeness (QED) is 0.827. The summed E-state index contributed by atoms with van der Waals surface area (Å²) in [4.78, 5) is 35.3. The van der Waals surface area contributed by atoms with Crippen LogP contribution in [-0.2, 0) is 9.53 Å². The van der Waals surface area contributed by atoms with Crippen molar-refractivity contribution in [3.05, 3.63) is 57.8 Å². The molecule has 1 saturated heterocycles. The zero-order chi connectivity index (χ0) is 19.4. The number of hydrogen-bond donors (Lipinski definition) is 1. The number of anilines is 2. The van der Waals surface area contributed by atoms with Crippen molar-refractivity contribution in [3.8, 4) is 0 Å². The number of carbonyl (C=O) groups is 1. The molecule has 142 valence electrons. The third-order valence-corrected chi connectivity index (χ3v) is 4.38. The van der Waals surface area contributed by atoms with Crippen molar-refractivity contribution in [2.45, 2.75) is 6.92 Å². The van der Waals surface area contributed by atoms with E-state index in [1.54, 1.807) is 14.0 Å². The van der Waals surface area contributed by atoms with Crippen LogP contribution in [0.3, 0.4) is 0 Å². The molecule has 0 radical (unpaired) electrons. The molecular weight excluding hydrogens is 351 g/mol. The maximum absolute atomic E-state index is 13.0. The second-order valence-corrected chi connectivity index (χ2v) is 6.20. The zero-order valence-electron chi connectivity index (χ0n) is 15.2. The Morgan fingerprint density at radius 2 is 1.96 bits per heavy atom. The van der Waals surface area contributed by atoms with E-state index < -0.39 is 0 Å². The van der Waals surface area contributed by atoms with E-state index in [4.69, 9.17) is 4.74 Å². The summed E-state index contributed by atoms with van der Waals surface area (Å²) in [7, 11) is 1.58. The first-order valence-corrected chi connectivity index (χ1v) is 8.60. The van der Waals surface area contributed by atoms with E-state index >= 15 is 0 Å². The van der Waals surface area contributed by atoms with Crippen molar-refractivity contribution in [2.24, 2.45) is 0 Å². The average molecular weight is 372 g/mol. The van der Waals surface area contributed by atoms with Crippen molar-refractivity contribution in [1.29, 1.82) is 0 Å². The third-order valence-electron chi connectivity index (χ3n) is 4.38. The van der Waals surface area contributed by atoms with Crippen LogP contribution in [0.15, 0.2) is 35.1 Å². The number of ether oxygens (including phenoxy) is 1. The number of aromatic amines is 1. The summed E-state index contributed by atoms with van der Waals surface area (Å²) in [6, 6.07) is 5.59. The van der Waals surface area contributed by atoms with Crippen LogP contribution in [0.1, 0.15) is 11.3 Å². The smallest absolute Gasteiger partial charge is 0.259 e. The summed E-state index contributed by atoms with van der Waals surface area (Å²) < 4.78 is 18.3. The Kier molecular flexibility index (Phi) is 5.66. The molecule has 0 unspecified atom stereocenters. The molecule has 8 heteroatoms. The lowest BCUT2D eigenvalue weighted by Crippen LogP contribution is -2.38. The van der Waals surface area contributed by atoms with Gasteiger partial charge in [-0.2, -0.15) is 0 Å². The number of morpholine rings is 1. The van der Waals surface area contributed by atoms with Gasteiger partial charge in [-0.25, -0.2) is 9.37 Å². The average Bonchev–Trinajstić information content (AvgIpc) is 2.67. The Morgan fingerprint density at radius 1 is 1.30 bits per heavy atom. The molecule has 3 rings (SSSR count). The van der Waals surface area contributed by atoms with Gasteiger partial charge < -0.3 is 14.5 Å². The van der Waals surface area contributed by atoms with Crippen molar-refractivity contribution < 1.29 is 13.9 Å². The highest BCUT2D eigenvalue weighted by Crippen LogP contribution is 2.15. The first-order valence-electron chi connectivity index (χ1n) is 8.60. The highest BCUT2D eigenvalue weighted by molar-refractivity contribution is 6.03. The standard InChI is InChI=1S/C19H21FN4O3/c1-13-16(18(26)22-19(21-13)24-9-11-27-12-10-24)7-8-17(25)23(2)15-5-3-14(20)4-6-15/h3-8H,9-12H2,1-2H3,(H,21,22,26). The van der Waals surface area contributed by atoms with Crippen LogP contribution < -0.4 is 15.4 Å². The number of hydrogen-bond acceptors (Lipinski definition) is 5. The van der Waals surface area contributed by atoms with Crippen LogP contribution in [-0.4, -0.2) is 49.2 Å². The van der Waals surface area contributed by atoms with E-state index in [9.17, 15) is 14.0 Å². The van der Waals surface area contributed by atoms with E-state index in [0.29, 0.717) is 49.2 Å². The lowest BCUT2D eigenvalue weighted by Gasteiger charge is -2.27. The van der Waals surface area contributed by atoms with E-state index in [1.165, 1.54) is 41.3 Å². The predicted molar refractivity (Wildman–Crippen MR) is 101 cm³/mol. The summed E-state index contributed by atoms with van der Waals surface area (Å²) in [5.41, 5.74) is 1.11. The molecule has 0 aliphatic carbocycles. The minimum atomic E-state index is -0.372. The molecule has 0 atom stereocenters. The summed E-state index contributed by atoms with van der Waals surface area (Å²) >= 11 is 0. The maximum atomic E-state index is 13.0. The van der Waals surface area contributed by atoms with Crippen LogP contribution in [0, 0.1) is 12.7 Å². The molecule has 0 spiro atoms. The summed E-state index contributed by atoms with van der Waals surface area (Å²) in [6.07, 6.45) is 2.75. The van der Waals surface area contributed by atoms with Gasteiger partial charge in [0.15, 0.2) is 0 Å². The lowest BCUT2D eigenvalue weighted by atomic mass is 10.2. The van der Waals surface area contributed by atoms with Crippen LogP contribution in [0.2, 0.25) is 0 Å². The van der Waals surface area contributed by atoms with E-state index in [2.05, 4.69) is 9.97 Å². The Hall–Kier alpha value is -3.00. The molecule has 2 heterocycles. The molecule has 2 aromatic rings. The zero-order valence-corrected chi connectivity index (χ0v) is 15.2. The molecule has 0 bridgehead atoms. The van der Waals surface area contributed by atoms with Crippen molar-refractivity contribution >= 4 is 23.6 Å². The van der Waals surface area contributed by atoms with Gasteiger partial charge in [-0.1, -0.05) is 0 Å². The lowest BCUT2D eigenvalue weighted by molar-refractivity contribution is -0.113. The Labute approximate surface area is 156 Å². The number of H-pyrrole nitrogens is 1. The second-order valence-electron chi connectivity index (χ2n) is 6.20. The van der Waals surface area contributed by atoms with E-state index in [0.717, 1.165) is 0 Å². The predicted octanol–water partition coefficient (Wildman–Crippen LogP) is 1.73. The monoisotopic (exact) mass is 372 g/mol. The number of aromatic nitrogens is 2. The second kappa shape index (κ2) is 8.13. The summed E-state index contributed by atoms with van der Waals surface area (Å²) in [5, 5.41) is 0. The topological polar surface area (TPSA) is 78.5 Å². The number of aryl methyl sites for hydroxylation is 1. The number of amides is 1. The number of rotatable bonds is 4.